The van der Waals surface area contributed by atoms with Crippen LogP contribution < -0.4 is 0 Å². The molecule has 0 aliphatic heterocycles. The van der Waals surface area contributed by atoms with E-state index in [9.17, 15) is 13.2 Å². The summed E-state index contributed by atoms with van der Waals surface area (Å²) in [5.74, 6) is -0.665. The van der Waals surface area contributed by atoms with Crippen LogP contribution in [0.1, 0.15) is 11.5 Å². The van der Waals surface area contributed by atoms with Crippen LogP contribution in [-0.2, 0) is 14.6 Å². The van der Waals surface area contributed by atoms with Crippen molar-refractivity contribution in [2.24, 2.45) is 5.92 Å². The lowest BCUT2D eigenvalue weighted by molar-refractivity contribution is -0.108. The van der Waals surface area contributed by atoms with E-state index in [1.165, 1.54) is 0 Å². The number of aldehydes is 1. The lowest BCUT2D eigenvalue weighted by atomic mass is 10.1. The smallest absolute Gasteiger partial charge is 0.182 e. The molecule has 1 saturated carbocycles. The first-order chi connectivity index (χ1) is 9.66. The summed E-state index contributed by atoms with van der Waals surface area (Å²) in [5.41, 5.74) is 0.911. The molecule has 0 aromatic heterocycles. The van der Waals surface area contributed by atoms with Gasteiger partial charge in [0.2, 0.25) is 0 Å². The lowest BCUT2D eigenvalue weighted by Crippen LogP contribution is -2.10. The van der Waals surface area contributed by atoms with Crippen LogP contribution >= 0.6 is 0 Å². The maximum Gasteiger partial charge on any atom is 0.182 e. The summed E-state index contributed by atoms with van der Waals surface area (Å²) in [5, 5.41) is -0.634. The second-order valence-corrected chi connectivity index (χ2v) is 7.08. The molecule has 0 N–H and O–H groups in total. The van der Waals surface area contributed by atoms with Gasteiger partial charge in [0.1, 0.15) is 6.29 Å². The van der Waals surface area contributed by atoms with Crippen LogP contribution in [0.2, 0.25) is 0 Å². The molecular weight excluding hydrogens is 272 g/mol. The quantitative estimate of drug-likeness (QED) is 0.811. The van der Waals surface area contributed by atoms with Crippen molar-refractivity contribution >= 4 is 16.1 Å². The Morgan fingerprint density at radius 3 is 1.95 bits per heavy atom. The van der Waals surface area contributed by atoms with Crippen molar-refractivity contribution in [3.05, 3.63) is 66.2 Å². The molecule has 0 bridgehead atoms. The van der Waals surface area contributed by atoms with E-state index in [0.29, 0.717) is 0 Å². The van der Waals surface area contributed by atoms with Crippen molar-refractivity contribution in [3.8, 4) is 0 Å². The number of carbonyl (C=O) groups excluding carboxylic acids is 1. The summed E-state index contributed by atoms with van der Waals surface area (Å²) >= 11 is 0. The lowest BCUT2D eigenvalue weighted by Gasteiger charge is -2.03. The molecule has 0 amide bonds. The van der Waals surface area contributed by atoms with Gasteiger partial charge in [-0.05, 0) is 17.7 Å². The molecular formula is C16H14O3S. The first-order valence-electron chi connectivity index (χ1n) is 6.45. The highest BCUT2D eigenvalue weighted by atomic mass is 32.2. The molecule has 1 aliphatic rings. The highest BCUT2D eigenvalue weighted by Gasteiger charge is 2.58. The fourth-order valence-electron chi connectivity index (χ4n) is 2.72. The summed E-state index contributed by atoms with van der Waals surface area (Å²) in [4.78, 5) is 11.5. The first-order valence-corrected chi connectivity index (χ1v) is 8.00. The van der Waals surface area contributed by atoms with Gasteiger partial charge >= 0.3 is 0 Å². The molecule has 20 heavy (non-hydrogen) atoms. The molecule has 102 valence electrons. The molecule has 3 rings (SSSR count). The zero-order chi connectivity index (χ0) is 14.2. The van der Waals surface area contributed by atoms with E-state index in [4.69, 9.17) is 0 Å². The normalized spacial score (nSPS) is 25.1. The summed E-state index contributed by atoms with van der Waals surface area (Å²) in [6.07, 6.45) is 0.767. The summed E-state index contributed by atoms with van der Waals surface area (Å²) < 4.78 is 25.2. The molecule has 3 atom stereocenters. The fraction of sp³-hybridized carbons (Fsp3) is 0.188. The van der Waals surface area contributed by atoms with Crippen molar-refractivity contribution < 1.29 is 13.2 Å². The van der Waals surface area contributed by atoms with Crippen molar-refractivity contribution in [2.45, 2.75) is 16.1 Å². The highest BCUT2D eigenvalue weighted by molar-refractivity contribution is 7.92. The number of hydrogen-bond donors (Lipinski definition) is 0. The Bertz CT molecular complexity index is 708. The number of benzene rings is 2. The van der Waals surface area contributed by atoms with Crippen molar-refractivity contribution in [1.82, 2.24) is 0 Å². The number of sulfone groups is 1. The average molecular weight is 286 g/mol. The number of rotatable bonds is 4. The van der Waals surface area contributed by atoms with Crippen LogP contribution in [0.25, 0.3) is 0 Å². The monoisotopic (exact) mass is 286 g/mol. The Kier molecular flexibility index (Phi) is 3.18. The largest absolute Gasteiger partial charge is 0.303 e. The van der Waals surface area contributed by atoms with Gasteiger partial charge in [0, 0.05) is 11.8 Å². The minimum absolute atomic E-state index is 0.223. The summed E-state index contributed by atoms with van der Waals surface area (Å²) in [6, 6.07) is 17.7. The second kappa shape index (κ2) is 4.87. The predicted octanol–water partition coefficient (Wildman–Crippen LogP) is 2.44. The number of hydrogen-bond acceptors (Lipinski definition) is 3. The fourth-order valence-corrected chi connectivity index (χ4v) is 4.85. The molecule has 0 radical (unpaired) electrons. The van der Waals surface area contributed by atoms with Crippen molar-refractivity contribution in [3.63, 3.8) is 0 Å². The van der Waals surface area contributed by atoms with Crippen LogP contribution in [0.15, 0.2) is 65.6 Å². The van der Waals surface area contributed by atoms with E-state index < -0.39 is 21.0 Å². The SMILES string of the molecule is O=C[C@@H]1[C@@H](c2ccccc2)[C@@H]1S(=O)(=O)c1ccccc1. The zero-order valence-corrected chi connectivity index (χ0v) is 11.5. The molecule has 0 heterocycles. The van der Waals surface area contributed by atoms with Gasteiger partial charge in [-0.3, -0.25) is 0 Å². The predicted molar refractivity (Wildman–Crippen MR) is 76.2 cm³/mol. The van der Waals surface area contributed by atoms with E-state index in [0.717, 1.165) is 11.8 Å². The first kappa shape index (κ1) is 13.1. The van der Waals surface area contributed by atoms with Gasteiger partial charge in [0.15, 0.2) is 9.84 Å². The molecule has 3 nitrogen and oxygen atoms in total. The van der Waals surface area contributed by atoms with Gasteiger partial charge in [-0.2, -0.15) is 0 Å². The van der Waals surface area contributed by atoms with E-state index >= 15 is 0 Å². The third kappa shape index (κ3) is 2.06. The van der Waals surface area contributed by atoms with Gasteiger partial charge in [-0.15, -0.1) is 0 Å². The molecule has 1 aliphatic carbocycles. The molecule has 1 fully saturated rings. The van der Waals surface area contributed by atoms with Crippen LogP contribution in [0.4, 0.5) is 0 Å². The van der Waals surface area contributed by atoms with Crippen molar-refractivity contribution in [2.75, 3.05) is 0 Å². The van der Waals surface area contributed by atoms with E-state index in [1.807, 2.05) is 30.3 Å². The summed E-state index contributed by atoms with van der Waals surface area (Å²) in [7, 11) is -3.46. The van der Waals surface area contributed by atoms with Gasteiger partial charge < -0.3 is 4.79 Å². The molecule has 4 heteroatoms. The van der Waals surface area contributed by atoms with Gasteiger partial charge in [0.25, 0.3) is 0 Å². The molecule has 2 aromatic rings. The Morgan fingerprint density at radius 2 is 1.40 bits per heavy atom. The van der Waals surface area contributed by atoms with E-state index in [1.54, 1.807) is 30.3 Å². The van der Waals surface area contributed by atoms with Crippen LogP contribution in [0, 0.1) is 5.92 Å². The topological polar surface area (TPSA) is 51.2 Å². The average Bonchev–Trinajstić information content (AvgIpc) is 3.24. The Balaban J connectivity index is 1.97. The zero-order valence-electron chi connectivity index (χ0n) is 10.7. The minimum atomic E-state index is -3.46. The Morgan fingerprint density at radius 1 is 0.850 bits per heavy atom. The van der Waals surface area contributed by atoms with E-state index in [-0.39, 0.29) is 10.8 Å². The van der Waals surface area contributed by atoms with Crippen LogP contribution in [0.3, 0.4) is 0 Å². The van der Waals surface area contributed by atoms with Gasteiger partial charge in [-0.25, -0.2) is 8.42 Å². The maximum absolute atomic E-state index is 12.6. The van der Waals surface area contributed by atoms with E-state index in [2.05, 4.69) is 0 Å². The second-order valence-electron chi connectivity index (χ2n) is 4.97. The third-order valence-electron chi connectivity index (χ3n) is 3.78. The third-order valence-corrected chi connectivity index (χ3v) is 6.03. The minimum Gasteiger partial charge on any atom is -0.303 e. The van der Waals surface area contributed by atoms with Crippen LogP contribution in [0.5, 0.6) is 0 Å². The molecule has 0 spiro atoms. The molecule has 0 saturated heterocycles. The maximum atomic E-state index is 12.6. The summed E-state index contributed by atoms with van der Waals surface area (Å²) in [6.45, 7) is 0. The number of carbonyl (C=O) groups is 1. The standard InChI is InChI=1S/C16H14O3S/c17-11-14-15(12-7-3-1-4-8-12)16(14)20(18,19)13-9-5-2-6-10-13/h1-11,14-16H/t14-,15-,16-/m1/s1. The molecule has 0 unspecified atom stereocenters. The van der Waals surface area contributed by atoms with Crippen LogP contribution in [-0.4, -0.2) is 20.0 Å². The Labute approximate surface area is 118 Å². The van der Waals surface area contributed by atoms with Crippen molar-refractivity contribution in [1.29, 1.82) is 0 Å². The van der Waals surface area contributed by atoms with Gasteiger partial charge in [0.05, 0.1) is 10.1 Å². The Hall–Kier alpha value is -1.94. The van der Waals surface area contributed by atoms with Gasteiger partial charge in [-0.1, -0.05) is 48.5 Å². The molecule has 2 aromatic carbocycles. The highest BCUT2D eigenvalue weighted by Crippen LogP contribution is 2.52.